The van der Waals surface area contributed by atoms with Gasteiger partial charge in [0.2, 0.25) is 23.6 Å². The molecule has 0 aromatic carbocycles. The van der Waals surface area contributed by atoms with E-state index in [1.807, 2.05) is 13.8 Å². The number of carbonyl (C=O) groups is 2. The predicted octanol–water partition coefficient (Wildman–Crippen LogP) is -0.493. The third kappa shape index (κ3) is 3.85. The van der Waals surface area contributed by atoms with Crippen LogP contribution in [0.3, 0.4) is 0 Å². The third-order valence-electron chi connectivity index (χ3n) is 3.52. The molecule has 1 aromatic heterocycles. The highest BCUT2D eigenvalue weighted by Crippen LogP contribution is 2.17. The largest absolute Gasteiger partial charge is 0.368 e. The number of piperazine rings is 1. The Bertz CT molecular complexity index is 603. The lowest BCUT2D eigenvalue weighted by Gasteiger charge is -2.35. The van der Waals surface area contributed by atoms with Crippen molar-refractivity contribution in [3.63, 3.8) is 0 Å². The van der Waals surface area contributed by atoms with Gasteiger partial charge in [0.25, 0.3) is 5.91 Å². The van der Waals surface area contributed by atoms with Crippen molar-refractivity contribution in [1.29, 1.82) is 0 Å². The zero-order chi connectivity index (χ0) is 17.1. The summed E-state index contributed by atoms with van der Waals surface area (Å²) in [4.78, 5) is 40.1. The summed E-state index contributed by atoms with van der Waals surface area (Å²) >= 11 is 0. The zero-order valence-corrected chi connectivity index (χ0v) is 13.9. The Kier molecular flexibility index (Phi) is 4.97. The van der Waals surface area contributed by atoms with Gasteiger partial charge in [-0.05, 0) is 12.3 Å². The van der Waals surface area contributed by atoms with Gasteiger partial charge in [-0.3, -0.25) is 9.59 Å². The number of hydrogen-bond donors (Lipinski definition) is 2. The number of aromatic nitrogens is 3. The van der Waals surface area contributed by atoms with Gasteiger partial charge in [0, 0.05) is 27.2 Å². The van der Waals surface area contributed by atoms with Crippen LogP contribution in [-0.2, 0) is 4.79 Å². The van der Waals surface area contributed by atoms with E-state index in [9.17, 15) is 9.59 Å². The molecule has 1 aromatic rings. The molecule has 0 spiro atoms. The summed E-state index contributed by atoms with van der Waals surface area (Å²) in [5.74, 6) is -0.0166. The van der Waals surface area contributed by atoms with E-state index in [0.717, 1.165) is 0 Å². The van der Waals surface area contributed by atoms with Crippen LogP contribution in [0, 0.1) is 5.92 Å². The highest BCUT2D eigenvalue weighted by atomic mass is 16.2. The van der Waals surface area contributed by atoms with Crippen LogP contribution in [-0.4, -0.2) is 64.9 Å². The van der Waals surface area contributed by atoms with Crippen molar-refractivity contribution in [2.75, 3.05) is 37.8 Å². The molecule has 1 aliphatic rings. The first-order chi connectivity index (χ1) is 10.8. The van der Waals surface area contributed by atoms with Gasteiger partial charge in [0.1, 0.15) is 6.04 Å². The standard InChI is InChI=1S/C14H23N7O2/c1-8(2)7-9-11(22)16-5-6-21(9)12(23)10-17-13(15)19-14(18-10)20(3)4/h8-9H,5-7H2,1-4H3,(H,16,22)(H2,15,17,18,19)/t9-/m1/s1. The fourth-order valence-electron chi connectivity index (χ4n) is 2.44. The predicted molar refractivity (Wildman–Crippen MR) is 85.9 cm³/mol. The topological polar surface area (TPSA) is 117 Å². The van der Waals surface area contributed by atoms with Crippen LogP contribution in [0.2, 0.25) is 0 Å². The molecule has 1 aliphatic heterocycles. The van der Waals surface area contributed by atoms with Gasteiger partial charge in [0.05, 0.1) is 0 Å². The second kappa shape index (κ2) is 6.76. The second-order valence-corrected chi connectivity index (χ2v) is 6.15. The Morgan fingerprint density at radius 3 is 2.70 bits per heavy atom. The van der Waals surface area contributed by atoms with Gasteiger partial charge in [-0.15, -0.1) is 0 Å². The Labute approximate surface area is 135 Å². The van der Waals surface area contributed by atoms with Gasteiger partial charge in [0.15, 0.2) is 0 Å². The van der Waals surface area contributed by atoms with E-state index in [2.05, 4.69) is 20.3 Å². The van der Waals surface area contributed by atoms with E-state index < -0.39 is 11.9 Å². The molecule has 9 heteroatoms. The quantitative estimate of drug-likeness (QED) is 0.768. The molecule has 2 rings (SSSR count). The van der Waals surface area contributed by atoms with E-state index in [1.54, 1.807) is 19.0 Å². The average molecular weight is 321 g/mol. The SMILES string of the molecule is CC(C)C[C@@H]1C(=O)NCCN1C(=O)c1nc(N)nc(N(C)C)n1. The minimum Gasteiger partial charge on any atom is -0.368 e. The second-order valence-electron chi connectivity index (χ2n) is 6.15. The van der Waals surface area contributed by atoms with E-state index >= 15 is 0 Å². The lowest BCUT2D eigenvalue weighted by atomic mass is 10.00. The number of nitrogens with one attached hydrogen (secondary N) is 1. The summed E-state index contributed by atoms with van der Waals surface area (Å²) in [5, 5.41) is 2.80. The number of nitrogen functional groups attached to an aromatic ring is 1. The van der Waals surface area contributed by atoms with E-state index in [4.69, 9.17) is 5.73 Å². The van der Waals surface area contributed by atoms with E-state index in [0.29, 0.717) is 25.5 Å². The molecular formula is C14H23N7O2. The molecule has 0 bridgehead atoms. The number of nitrogens with zero attached hydrogens (tertiary/aromatic N) is 5. The number of rotatable bonds is 4. The van der Waals surface area contributed by atoms with E-state index in [1.165, 1.54) is 4.90 Å². The normalized spacial score (nSPS) is 18.0. The summed E-state index contributed by atoms with van der Waals surface area (Å²) in [7, 11) is 3.50. The van der Waals surface area contributed by atoms with Crippen molar-refractivity contribution < 1.29 is 9.59 Å². The van der Waals surface area contributed by atoms with Crippen LogP contribution in [0.25, 0.3) is 0 Å². The molecule has 9 nitrogen and oxygen atoms in total. The summed E-state index contributed by atoms with van der Waals surface area (Å²) in [6, 6.07) is -0.517. The van der Waals surface area contributed by atoms with Gasteiger partial charge < -0.3 is 20.9 Å². The first-order valence-electron chi connectivity index (χ1n) is 7.57. The molecule has 0 aliphatic carbocycles. The molecule has 23 heavy (non-hydrogen) atoms. The molecule has 2 heterocycles. The summed E-state index contributed by atoms with van der Waals surface area (Å²) in [5.41, 5.74) is 5.67. The van der Waals surface area contributed by atoms with Crippen molar-refractivity contribution >= 4 is 23.7 Å². The van der Waals surface area contributed by atoms with Crippen LogP contribution in [0.5, 0.6) is 0 Å². The maximum atomic E-state index is 12.8. The first-order valence-corrected chi connectivity index (χ1v) is 7.57. The summed E-state index contributed by atoms with van der Waals surface area (Å²) in [6.45, 7) is 4.86. The maximum absolute atomic E-state index is 12.8. The molecule has 0 radical (unpaired) electrons. The third-order valence-corrected chi connectivity index (χ3v) is 3.52. The Hall–Kier alpha value is -2.45. The van der Waals surface area contributed by atoms with Crippen LogP contribution in [0.1, 0.15) is 30.9 Å². The maximum Gasteiger partial charge on any atom is 0.292 e. The number of amides is 2. The monoisotopic (exact) mass is 321 g/mol. The summed E-state index contributed by atoms with van der Waals surface area (Å²) < 4.78 is 0. The Balaban J connectivity index is 2.31. The minimum absolute atomic E-state index is 0.0195. The highest BCUT2D eigenvalue weighted by molar-refractivity contribution is 5.96. The Morgan fingerprint density at radius 1 is 1.39 bits per heavy atom. The van der Waals surface area contributed by atoms with Crippen molar-refractivity contribution in [1.82, 2.24) is 25.2 Å². The Morgan fingerprint density at radius 2 is 2.09 bits per heavy atom. The van der Waals surface area contributed by atoms with Crippen molar-refractivity contribution in [3.05, 3.63) is 5.82 Å². The highest BCUT2D eigenvalue weighted by Gasteiger charge is 2.35. The average Bonchev–Trinajstić information content (AvgIpc) is 2.47. The van der Waals surface area contributed by atoms with Gasteiger partial charge in [-0.2, -0.15) is 15.0 Å². The van der Waals surface area contributed by atoms with Crippen LogP contribution in [0.4, 0.5) is 11.9 Å². The van der Waals surface area contributed by atoms with Gasteiger partial charge >= 0.3 is 0 Å². The molecule has 0 unspecified atom stereocenters. The molecule has 2 amide bonds. The number of nitrogens with two attached hydrogens (primary N) is 1. The fourth-order valence-corrected chi connectivity index (χ4v) is 2.44. The summed E-state index contributed by atoms with van der Waals surface area (Å²) in [6.07, 6.45) is 0.582. The number of hydrogen-bond acceptors (Lipinski definition) is 7. The van der Waals surface area contributed by atoms with Gasteiger partial charge in [-0.25, -0.2) is 0 Å². The van der Waals surface area contributed by atoms with E-state index in [-0.39, 0.29) is 23.6 Å². The molecule has 1 saturated heterocycles. The van der Waals surface area contributed by atoms with Crippen molar-refractivity contribution in [3.8, 4) is 0 Å². The molecular weight excluding hydrogens is 298 g/mol. The molecule has 0 saturated carbocycles. The molecule has 1 atom stereocenters. The van der Waals surface area contributed by atoms with Crippen molar-refractivity contribution in [2.45, 2.75) is 26.3 Å². The lowest BCUT2D eigenvalue weighted by molar-refractivity contribution is -0.128. The number of carbonyl (C=O) groups excluding carboxylic acids is 2. The van der Waals surface area contributed by atoms with Crippen molar-refractivity contribution in [2.24, 2.45) is 5.92 Å². The van der Waals surface area contributed by atoms with Crippen LogP contribution in [0.15, 0.2) is 0 Å². The smallest absolute Gasteiger partial charge is 0.292 e. The number of anilines is 2. The zero-order valence-electron chi connectivity index (χ0n) is 13.9. The van der Waals surface area contributed by atoms with Crippen LogP contribution < -0.4 is 16.0 Å². The van der Waals surface area contributed by atoms with Gasteiger partial charge in [-0.1, -0.05) is 13.8 Å². The molecule has 1 fully saturated rings. The first kappa shape index (κ1) is 16.9. The fraction of sp³-hybridized carbons (Fsp3) is 0.643. The molecule has 126 valence electrons. The lowest BCUT2D eigenvalue weighted by Crippen LogP contribution is -2.57. The molecule has 3 N–H and O–H groups in total. The minimum atomic E-state index is -0.517. The van der Waals surface area contributed by atoms with Crippen LogP contribution >= 0.6 is 0 Å².